The second-order valence-corrected chi connectivity index (χ2v) is 5.54. The minimum absolute atomic E-state index is 0.189. The maximum absolute atomic E-state index is 12.0. The summed E-state index contributed by atoms with van der Waals surface area (Å²) in [6.07, 6.45) is 2.87. The van der Waals surface area contributed by atoms with E-state index in [0.29, 0.717) is 6.42 Å². The summed E-state index contributed by atoms with van der Waals surface area (Å²) in [4.78, 5) is 24.5. The Bertz CT molecular complexity index is 333. The molecule has 0 radical (unpaired) electrons. The van der Waals surface area contributed by atoms with Crippen molar-refractivity contribution in [2.24, 2.45) is 5.92 Å². The molecule has 3 N–H and O–H groups in total. The smallest absolute Gasteiger partial charge is 0.326 e. The number of carboxylic acids is 1. The molecule has 0 aromatic rings. The number of carbonyl (C=O) groups excluding carboxylic acids is 1. The van der Waals surface area contributed by atoms with Gasteiger partial charge in [-0.1, -0.05) is 26.7 Å². The third kappa shape index (κ3) is 4.09. The number of carboxylic acid groups (broad SMARTS) is 1. The molecule has 3 unspecified atom stereocenters. The number of nitrogens with one attached hydrogen (secondary N) is 1. The maximum Gasteiger partial charge on any atom is 0.326 e. The molecule has 0 saturated heterocycles. The Labute approximate surface area is 113 Å². The second-order valence-electron chi connectivity index (χ2n) is 5.54. The number of aliphatic carboxylic acids is 1. The number of hydrogen-bond donors (Lipinski definition) is 3. The highest BCUT2D eigenvalue weighted by atomic mass is 16.4. The van der Waals surface area contributed by atoms with Gasteiger partial charge in [-0.15, -0.1) is 0 Å². The van der Waals surface area contributed by atoms with Gasteiger partial charge in [-0.3, -0.25) is 0 Å². The fraction of sp³-hybridized carbons (Fsp3) is 0.846. The zero-order valence-electron chi connectivity index (χ0n) is 11.8. The summed E-state index contributed by atoms with van der Waals surface area (Å²) in [5.41, 5.74) is 0. The Morgan fingerprint density at radius 2 is 1.84 bits per heavy atom. The van der Waals surface area contributed by atoms with Gasteiger partial charge in [0.05, 0.1) is 12.1 Å². The number of likely N-dealkylation sites (N-methyl/N-ethyl adjacent to an activating group) is 1. The molecular weight excluding hydrogens is 248 g/mol. The highest BCUT2D eigenvalue weighted by molar-refractivity contribution is 5.82. The fourth-order valence-corrected chi connectivity index (χ4v) is 2.44. The first kappa shape index (κ1) is 15.8. The minimum atomic E-state index is -1.04. The molecule has 1 saturated carbocycles. The largest absolute Gasteiger partial charge is 0.480 e. The van der Waals surface area contributed by atoms with E-state index in [2.05, 4.69) is 5.32 Å². The van der Waals surface area contributed by atoms with E-state index in [-0.39, 0.29) is 12.0 Å². The number of aliphatic hydroxyl groups excluding tert-OH is 1. The maximum atomic E-state index is 12.0. The highest BCUT2D eigenvalue weighted by Crippen LogP contribution is 2.22. The van der Waals surface area contributed by atoms with E-state index in [1.807, 2.05) is 0 Å². The van der Waals surface area contributed by atoms with Gasteiger partial charge in [0.1, 0.15) is 6.04 Å². The first-order valence-electron chi connectivity index (χ1n) is 6.78. The summed E-state index contributed by atoms with van der Waals surface area (Å²) in [7, 11) is 1.60. The van der Waals surface area contributed by atoms with Crippen LogP contribution in [0.3, 0.4) is 0 Å². The van der Waals surface area contributed by atoms with Gasteiger partial charge in [0.25, 0.3) is 0 Å². The van der Waals surface area contributed by atoms with Crippen molar-refractivity contribution in [2.45, 2.75) is 57.7 Å². The van der Waals surface area contributed by atoms with Gasteiger partial charge in [0.15, 0.2) is 0 Å². The van der Waals surface area contributed by atoms with Crippen LogP contribution in [0.1, 0.15) is 39.5 Å². The van der Waals surface area contributed by atoms with Gasteiger partial charge in [0.2, 0.25) is 0 Å². The van der Waals surface area contributed by atoms with E-state index in [0.717, 1.165) is 19.3 Å². The van der Waals surface area contributed by atoms with Crippen molar-refractivity contribution < 1.29 is 19.8 Å². The zero-order chi connectivity index (χ0) is 14.6. The van der Waals surface area contributed by atoms with Gasteiger partial charge >= 0.3 is 12.0 Å². The number of nitrogens with zero attached hydrogens (tertiary/aromatic N) is 1. The number of rotatable bonds is 4. The van der Waals surface area contributed by atoms with Gasteiger partial charge in [-0.2, -0.15) is 0 Å². The third-order valence-electron chi connectivity index (χ3n) is 3.72. The Hall–Kier alpha value is -1.30. The van der Waals surface area contributed by atoms with E-state index in [9.17, 15) is 14.7 Å². The van der Waals surface area contributed by atoms with Gasteiger partial charge in [-0.05, 0) is 18.8 Å². The number of hydrogen-bond acceptors (Lipinski definition) is 3. The number of amides is 2. The summed E-state index contributed by atoms with van der Waals surface area (Å²) >= 11 is 0. The molecule has 0 bridgehead atoms. The summed E-state index contributed by atoms with van der Waals surface area (Å²) in [5, 5.41) is 21.5. The van der Waals surface area contributed by atoms with Crippen LogP contribution in [0.25, 0.3) is 0 Å². The van der Waals surface area contributed by atoms with Gasteiger partial charge in [-0.25, -0.2) is 9.59 Å². The lowest BCUT2D eigenvalue weighted by molar-refractivity contribution is -0.140. The zero-order valence-corrected chi connectivity index (χ0v) is 11.8. The molecule has 1 fully saturated rings. The second kappa shape index (κ2) is 6.75. The van der Waals surface area contributed by atoms with E-state index >= 15 is 0 Å². The van der Waals surface area contributed by atoms with Gasteiger partial charge < -0.3 is 20.4 Å². The van der Waals surface area contributed by atoms with Crippen molar-refractivity contribution in [1.29, 1.82) is 0 Å². The molecule has 6 heteroatoms. The van der Waals surface area contributed by atoms with E-state index < -0.39 is 24.1 Å². The fourth-order valence-electron chi connectivity index (χ4n) is 2.44. The Kier molecular flexibility index (Phi) is 5.60. The summed E-state index contributed by atoms with van der Waals surface area (Å²) < 4.78 is 0. The molecule has 19 heavy (non-hydrogen) atoms. The third-order valence-corrected chi connectivity index (χ3v) is 3.72. The van der Waals surface area contributed by atoms with Crippen LogP contribution < -0.4 is 5.32 Å². The molecule has 1 rings (SSSR count). The van der Waals surface area contributed by atoms with Crippen molar-refractivity contribution >= 4 is 12.0 Å². The number of urea groups is 1. The quantitative estimate of drug-likeness (QED) is 0.713. The Morgan fingerprint density at radius 1 is 1.26 bits per heavy atom. The minimum Gasteiger partial charge on any atom is -0.480 e. The van der Waals surface area contributed by atoms with E-state index in [1.165, 1.54) is 4.90 Å². The molecule has 0 aromatic carbocycles. The predicted octanol–water partition coefficient (Wildman–Crippen LogP) is 1.04. The van der Waals surface area contributed by atoms with Crippen molar-refractivity contribution in [3.8, 4) is 0 Å². The van der Waals surface area contributed by atoms with Crippen molar-refractivity contribution in [2.75, 3.05) is 7.05 Å². The molecule has 3 atom stereocenters. The molecule has 1 aliphatic rings. The molecular formula is C13H24N2O4. The monoisotopic (exact) mass is 272 g/mol. The van der Waals surface area contributed by atoms with Crippen LogP contribution >= 0.6 is 0 Å². The average Bonchev–Trinajstić information content (AvgIpc) is 2.34. The van der Waals surface area contributed by atoms with Crippen LogP contribution in [-0.4, -0.2) is 52.3 Å². The van der Waals surface area contributed by atoms with Crippen molar-refractivity contribution in [3.63, 3.8) is 0 Å². The average molecular weight is 272 g/mol. The van der Waals surface area contributed by atoms with Crippen LogP contribution in [0, 0.1) is 5.92 Å². The molecule has 110 valence electrons. The molecule has 0 aliphatic heterocycles. The first-order chi connectivity index (χ1) is 8.84. The highest BCUT2D eigenvalue weighted by Gasteiger charge is 2.32. The lowest BCUT2D eigenvalue weighted by Gasteiger charge is -2.36. The van der Waals surface area contributed by atoms with Crippen LogP contribution in [0.5, 0.6) is 0 Å². The van der Waals surface area contributed by atoms with E-state index in [1.54, 1.807) is 20.9 Å². The Balaban J connectivity index is 2.63. The molecule has 6 nitrogen and oxygen atoms in total. The SMILES string of the molecule is CC(C)C(NC(=O)N(C)C1CCCCC1O)C(=O)O. The summed E-state index contributed by atoms with van der Waals surface area (Å²) in [6, 6.07) is -1.57. The molecule has 1 aliphatic carbocycles. The topological polar surface area (TPSA) is 89.9 Å². The first-order valence-corrected chi connectivity index (χ1v) is 6.78. The van der Waals surface area contributed by atoms with Crippen LogP contribution in [-0.2, 0) is 4.79 Å². The van der Waals surface area contributed by atoms with E-state index in [4.69, 9.17) is 5.11 Å². The lowest BCUT2D eigenvalue weighted by atomic mass is 9.92. The van der Waals surface area contributed by atoms with Crippen LogP contribution in [0.15, 0.2) is 0 Å². The molecule has 2 amide bonds. The summed E-state index contributed by atoms with van der Waals surface area (Å²) in [5.74, 6) is -1.23. The Morgan fingerprint density at radius 3 is 2.32 bits per heavy atom. The van der Waals surface area contributed by atoms with Crippen LogP contribution in [0.4, 0.5) is 4.79 Å². The molecule has 0 aromatic heterocycles. The summed E-state index contributed by atoms with van der Waals surface area (Å²) in [6.45, 7) is 3.49. The van der Waals surface area contributed by atoms with Crippen molar-refractivity contribution in [3.05, 3.63) is 0 Å². The lowest BCUT2D eigenvalue weighted by Crippen LogP contribution is -2.54. The van der Waals surface area contributed by atoms with Crippen LogP contribution in [0.2, 0.25) is 0 Å². The van der Waals surface area contributed by atoms with Gasteiger partial charge in [0, 0.05) is 7.05 Å². The normalized spacial score (nSPS) is 24.9. The molecule has 0 heterocycles. The number of aliphatic hydroxyl groups is 1. The van der Waals surface area contributed by atoms with Crippen molar-refractivity contribution in [1.82, 2.24) is 10.2 Å². The molecule has 0 spiro atoms. The standard InChI is InChI=1S/C13H24N2O4/c1-8(2)11(12(17)18)14-13(19)15(3)9-6-4-5-7-10(9)16/h8-11,16H,4-7H2,1-3H3,(H,14,19)(H,17,18). The predicted molar refractivity (Wildman–Crippen MR) is 70.8 cm³/mol. The number of carbonyl (C=O) groups is 2.